The Kier molecular flexibility index (Phi) is 4.24. The molecule has 4 heteroatoms. The number of aliphatic hydroxyl groups excluding tert-OH is 1. The molecular formula is C16H20N2OS. The second-order valence-corrected chi connectivity index (χ2v) is 6.54. The first-order chi connectivity index (χ1) is 9.74. The van der Waals surface area contributed by atoms with Crippen molar-refractivity contribution in [1.29, 1.82) is 0 Å². The van der Waals surface area contributed by atoms with Gasteiger partial charge in [-0.3, -0.25) is 9.88 Å². The van der Waals surface area contributed by atoms with Crippen molar-refractivity contribution < 1.29 is 5.11 Å². The van der Waals surface area contributed by atoms with Crippen LogP contribution in [0.25, 0.3) is 10.9 Å². The third-order valence-corrected chi connectivity index (χ3v) is 5.01. The van der Waals surface area contributed by atoms with E-state index in [1.54, 1.807) is 0 Å². The van der Waals surface area contributed by atoms with Crippen LogP contribution in [0.15, 0.2) is 36.4 Å². The molecule has 3 rings (SSSR count). The SMILES string of the molecule is CN1CCSCC1C(O)Cc1ccc2ccccc2n1. The summed E-state index contributed by atoms with van der Waals surface area (Å²) in [5, 5.41) is 11.6. The Hall–Kier alpha value is -1.10. The first-order valence-corrected chi connectivity index (χ1v) is 8.20. The maximum Gasteiger partial charge on any atom is 0.0758 e. The minimum absolute atomic E-state index is 0.238. The third-order valence-electron chi connectivity index (χ3n) is 3.96. The fraction of sp³-hybridized carbons (Fsp3) is 0.438. The van der Waals surface area contributed by atoms with Gasteiger partial charge < -0.3 is 5.11 Å². The lowest BCUT2D eigenvalue weighted by Gasteiger charge is -2.35. The average Bonchev–Trinajstić information content (AvgIpc) is 2.47. The van der Waals surface area contributed by atoms with Crippen molar-refractivity contribution in [2.45, 2.75) is 18.6 Å². The minimum atomic E-state index is -0.346. The number of hydrogen-bond acceptors (Lipinski definition) is 4. The molecule has 2 aromatic rings. The van der Waals surface area contributed by atoms with Crippen molar-refractivity contribution in [2.75, 3.05) is 25.1 Å². The number of hydrogen-bond donors (Lipinski definition) is 1. The third kappa shape index (κ3) is 2.97. The van der Waals surface area contributed by atoms with E-state index in [1.807, 2.05) is 36.0 Å². The number of fused-ring (bicyclic) bond motifs is 1. The van der Waals surface area contributed by atoms with Crippen LogP contribution >= 0.6 is 11.8 Å². The minimum Gasteiger partial charge on any atom is -0.391 e. The first-order valence-electron chi connectivity index (χ1n) is 7.05. The van der Waals surface area contributed by atoms with Crippen LogP contribution in [0, 0.1) is 0 Å². The fourth-order valence-corrected chi connectivity index (χ4v) is 3.98. The molecule has 2 atom stereocenters. The highest BCUT2D eigenvalue weighted by Crippen LogP contribution is 2.20. The van der Waals surface area contributed by atoms with Crippen molar-refractivity contribution in [2.24, 2.45) is 0 Å². The lowest BCUT2D eigenvalue weighted by atomic mass is 10.0. The quantitative estimate of drug-likeness (QED) is 0.939. The molecule has 1 aliphatic heterocycles. The Balaban J connectivity index is 1.74. The molecule has 0 bridgehead atoms. The number of likely N-dealkylation sites (N-methyl/N-ethyl adjacent to an activating group) is 1. The molecule has 1 aromatic carbocycles. The molecule has 1 fully saturated rings. The highest BCUT2D eigenvalue weighted by Gasteiger charge is 2.26. The van der Waals surface area contributed by atoms with Crippen molar-refractivity contribution in [3.63, 3.8) is 0 Å². The van der Waals surface area contributed by atoms with Gasteiger partial charge in [-0.2, -0.15) is 11.8 Å². The van der Waals surface area contributed by atoms with Gasteiger partial charge in [-0.25, -0.2) is 0 Å². The molecule has 20 heavy (non-hydrogen) atoms. The highest BCUT2D eigenvalue weighted by atomic mass is 32.2. The fourth-order valence-electron chi connectivity index (χ4n) is 2.68. The summed E-state index contributed by atoms with van der Waals surface area (Å²) in [6, 6.07) is 12.5. The number of rotatable bonds is 3. The van der Waals surface area contributed by atoms with Gasteiger partial charge in [0, 0.05) is 41.6 Å². The van der Waals surface area contributed by atoms with E-state index in [2.05, 4.69) is 29.1 Å². The monoisotopic (exact) mass is 288 g/mol. The van der Waals surface area contributed by atoms with Crippen LogP contribution in [-0.4, -0.2) is 52.2 Å². The van der Waals surface area contributed by atoms with Crippen molar-refractivity contribution in [3.05, 3.63) is 42.1 Å². The van der Waals surface area contributed by atoms with Crippen LogP contribution in [0.3, 0.4) is 0 Å². The van der Waals surface area contributed by atoms with Crippen molar-refractivity contribution >= 4 is 22.7 Å². The number of aromatic nitrogens is 1. The van der Waals surface area contributed by atoms with Gasteiger partial charge in [0.15, 0.2) is 0 Å². The van der Waals surface area contributed by atoms with E-state index in [1.165, 1.54) is 0 Å². The number of thioether (sulfide) groups is 1. The summed E-state index contributed by atoms with van der Waals surface area (Å²) in [6.45, 7) is 1.05. The van der Waals surface area contributed by atoms with E-state index in [0.29, 0.717) is 6.42 Å². The maximum atomic E-state index is 10.5. The summed E-state index contributed by atoms with van der Waals surface area (Å²) in [4.78, 5) is 6.92. The number of aliphatic hydroxyl groups is 1. The molecule has 1 aliphatic rings. The Morgan fingerprint density at radius 2 is 2.20 bits per heavy atom. The van der Waals surface area contributed by atoms with Gasteiger partial charge in [0.05, 0.1) is 11.6 Å². The van der Waals surface area contributed by atoms with Crippen LogP contribution in [0.1, 0.15) is 5.69 Å². The Morgan fingerprint density at radius 3 is 3.05 bits per heavy atom. The Morgan fingerprint density at radius 1 is 1.35 bits per heavy atom. The van der Waals surface area contributed by atoms with Crippen LogP contribution in [0.2, 0.25) is 0 Å². The van der Waals surface area contributed by atoms with E-state index in [0.717, 1.165) is 34.6 Å². The summed E-state index contributed by atoms with van der Waals surface area (Å²) in [5.74, 6) is 2.17. The summed E-state index contributed by atoms with van der Waals surface area (Å²) in [5.41, 5.74) is 1.98. The number of para-hydroxylation sites is 1. The highest BCUT2D eigenvalue weighted by molar-refractivity contribution is 7.99. The lowest BCUT2D eigenvalue weighted by molar-refractivity contribution is 0.0757. The van der Waals surface area contributed by atoms with Crippen molar-refractivity contribution in [3.8, 4) is 0 Å². The molecule has 0 radical (unpaired) electrons. The van der Waals surface area contributed by atoms with Gasteiger partial charge in [-0.15, -0.1) is 0 Å². The van der Waals surface area contributed by atoms with E-state index >= 15 is 0 Å². The van der Waals surface area contributed by atoms with Gasteiger partial charge in [-0.05, 0) is 19.2 Å². The van der Waals surface area contributed by atoms with Crippen LogP contribution in [0.5, 0.6) is 0 Å². The molecule has 1 saturated heterocycles. The summed E-state index contributed by atoms with van der Waals surface area (Å²) >= 11 is 1.93. The Labute approximate surface area is 124 Å². The molecule has 2 heterocycles. The average molecular weight is 288 g/mol. The van der Waals surface area contributed by atoms with Crippen molar-refractivity contribution in [1.82, 2.24) is 9.88 Å². The molecule has 2 unspecified atom stereocenters. The molecule has 0 saturated carbocycles. The predicted molar refractivity (Wildman–Crippen MR) is 85.2 cm³/mol. The van der Waals surface area contributed by atoms with Crippen LogP contribution in [-0.2, 0) is 6.42 Å². The zero-order valence-electron chi connectivity index (χ0n) is 11.7. The van der Waals surface area contributed by atoms with Gasteiger partial charge in [0.25, 0.3) is 0 Å². The largest absolute Gasteiger partial charge is 0.391 e. The van der Waals surface area contributed by atoms with E-state index in [9.17, 15) is 5.11 Å². The molecule has 0 amide bonds. The topological polar surface area (TPSA) is 36.4 Å². The predicted octanol–water partition coefficient (Wildman–Crippen LogP) is 2.19. The Bertz CT molecular complexity index is 589. The molecule has 106 valence electrons. The normalized spacial score (nSPS) is 22.0. The van der Waals surface area contributed by atoms with Gasteiger partial charge >= 0.3 is 0 Å². The standard InChI is InChI=1S/C16H20N2OS/c1-18-8-9-20-11-15(18)16(19)10-13-7-6-12-4-2-3-5-14(12)17-13/h2-7,15-16,19H,8-11H2,1H3. The molecule has 0 aliphatic carbocycles. The summed E-state index contributed by atoms with van der Waals surface area (Å²) < 4.78 is 0. The van der Waals surface area contributed by atoms with E-state index in [4.69, 9.17) is 0 Å². The zero-order chi connectivity index (χ0) is 13.9. The summed E-state index contributed by atoms with van der Waals surface area (Å²) in [7, 11) is 2.10. The molecule has 0 spiro atoms. The first kappa shape index (κ1) is 13.9. The van der Waals surface area contributed by atoms with Crippen LogP contribution < -0.4 is 0 Å². The van der Waals surface area contributed by atoms with Crippen LogP contribution in [0.4, 0.5) is 0 Å². The molecule has 1 aromatic heterocycles. The van der Waals surface area contributed by atoms with Gasteiger partial charge in [0.1, 0.15) is 0 Å². The van der Waals surface area contributed by atoms with E-state index < -0.39 is 0 Å². The lowest BCUT2D eigenvalue weighted by Crippen LogP contribution is -2.47. The summed E-state index contributed by atoms with van der Waals surface area (Å²) in [6.07, 6.45) is 0.280. The zero-order valence-corrected chi connectivity index (χ0v) is 12.5. The van der Waals surface area contributed by atoms with E-state index in [-0.39, 0.29) is 12.1 Å². The number of benzene rings is 1. The smallest absolute Gasteiger partial charge is 0.0758 e. The van der Waals surface area contributed by atoms with Gasteiger partial charge in [-0.1, -0.05) is 24.3 Å². The maximum absolute atomic E-state index is 10.5. The second kappa shape index (κ2) is 6.12. The number of nitrogens with zero attached hydrogens (tertiary/aromatic N) is 2. The van der Waals surface area contributed by atoms with Gasteiger partial charge in [0.2, 0.25) is 0 Å². The molecular weight excluding hydrogens is 268 g/mol. The second-order valence-electron chi connectivity index (χ2n) is 5.39. The number of pyridine rings is 1. The molecule has 3 nitrogen and oxygen atoms in total. The molecule has 1 N–H and O–H groups in total.